The number of hydrogen-bond acceptors (Lipinski definition) is 6. The van der Waals surface area contributed by atoms with Crippen LogP contribution in [0.5, 0.6) is 5.75 Å². The summed E-state index contributed by atoms with van der Waals surface area (Å²) >= 11 is 3.37. The molecule has 35 heavy (non-hydrogen) atoms. The molecule has 8 heteroatoms. The van der Waals surface area contributed by atoms with Crippen LogP contribution in [0, 0.1) is 5.92 Å². The number of amides is 2. The van der Waals surface area contributed by atoms with Gasteiger partial charge in [0.05, 0.1) is 0 Å². The van der Waals surface area contributed by atoms with E-state index in [0.29, 0.717) is 30.8 Å². The predicted molar refractivity (Wildman–Crippen MR) is 145 cm³/mol. The van der Waals surface area contributed by atoms with Crippen LogP contribution in [0.2, 0.25) is 0 Å². The standard InChI is InChI=1S/C27H36N2O4S2/c1-5-21-8-6-7-9-25(21)35-17-20-10-12-22(13-11-20)33-27(32)24(16-19(2)3)29-26(31)23(28-18-30)14-15-34-4/h6-13,18-19,23-24H,5,14-17H2,1-4H3,(H,28,30)(H,29,31)/t23-,24?/m0/s1. The molecule has 2 rings (SSSR count). The fourth-order valence-electron chi connectivity index (χ4n) is 3.50. The SMILES string of the molecule is CCc1ccccc1SCc1ccc(OC(=O)C(CC(C)C)NC(=O)[C@H](CCSC)NC=O)cc1. The Kier molecular flexibility index (Phi) is 12.8. The van der Waals surface area contributed by atoms with Gasteiger partial charge in [0.25, 0.3) is 0 Å². The van der Waals surface area contributed by atoms with E-state index in [-0.39, 0.29) is 11.8 Å². The highest BCUT2D eigenvalue weighted by atomic mass is 32.2. The van der Waals surface area contributed by atoms with Gasteiger partial charge in [0.2, 0.25) is 12.3 Å². The summed E-state index contributed by atoms with van der Waals surface area (Å²) in [6.07, 6.45) is 4.36. The Bertz CT molecular complexity index is 950. The molecule has 0 fully saturated rings. The molecule has 2 aromatic rings. The summed E-state index contributed by atoms with van der Waals surface area (Å²) in [5.74, 6) is 1.24. The molecule has 2 amide bonds. The van der Waals surface area contributed by atoms with E-state index in [1.807, 2.05) is 32.2 Å². The van der Waals surface area contributed by atoms with E-state index in [9.17, 15) is 14.4 Å². The van der Waals surface area contributed by atoms with Gasteiger partial charge in [-0.3, -0.25) is 9.59 Å². The Labute approximate surface area is 217 Å². The van der Waals surface area contributed by atoms with Gasteiger partial charge in [-0.25, -0.2) is 4.79 Å². The monoisotopic (exact) mass is 516 g/mol. The number of hydrogen-bond donors (Lipinski definition) is 2. The van der Waals surface area contributed by atoms with Crippen LogP contribution in [0.1, 0.15) is 44.7 Å². The van der Waals surface area contributed by atoms with E-state index in [1.54, 1.807) is 35.7 Å². The maximum Gasteiger partial charge on any atom is 0.334 e. The first-order valence-corrected chi connectivity index (χ1v) is 14.3. The number of aryl methyl sites for hydroxylation is 1. The van der Waals surface area contributed by atoms with Gasteiger partial charge in [-0.1, -0.05) is 51.1 Å². The fourth-order valence-corrected chi connectivity index (χ4v) is 5.06. The van der Waals surface area contributed by atoms with Gasteiger partial charge in [0.15, 0.2) is 0 Å². The van der Waals surface area contributed by atoms with Crippen LogP contribution in [0.25, 0.3) is 0 Å². The van der Waals surface area contributed by atoms with Crippen molar-refractivity contribution in [3.63, 3.8) is 0 Å². The largest absolute Gasteiger partial charge is 0.425 e. The van der Waals surface area contributed by atoms with Gasteiger partial charge in [0, 0.05) is 10.6 Å². The summed E-state index contributed by atoms with van der Waals surface area (Å²) in [7, 11) is 0. The Balaban J connectivity index is 1.99. The molecule has 0 saturated heterocycles. The molecule has 0 aliphatic heterocycles. The molecule has 0 aromatic heterocycles. The zero-order valence-corrected chi connectivity index (χ0v) is 22.5. The molecule has 0 spiro atoms. The Morgan fingerprint density at radius 1 is 1.06 bits per heavy atom. The fraction of sp³-hybridized carbons (Fsp3) is 0.444. The molecule has 6 nitrogen and oxygen atoms in total. The second-order valence-electron chi connectivity index (χ2n) is 8.62. The molecule has 0 aliphatic carbocycles. The van der Waals surface area contributed by atoms with Gasteiger partial charge in [-0.15, -0.1) is 11.8 Å². The normalized spacial score (nSPS) is 12.6. The predicted octanol–water partition coefficient (Wildman–Crippen LogP) is 4.85. The lowest BCUT2D eigenvalue weighted by molar-refractivity contribution is -0.140. The van der Waals surface area contributed by atoms with Gasteiger partial charge in [-0.2, -0.15) is 11.8 Å². The number of benzene rings is 2. The van der Waals surface area contributed by atoms with Crippen molar-refractivity contribution < 1.29 is 19.1 Å². The number of carbonyl (C=O) groups is 3. The third-order valence-electron chi connectivity index (χ3n) is 5.39. The van der Waals surface area contributed by atoms with E-state index in [1.165, 1.54) is 10.5 Å². The van der Waals surface area contributed by atoms with Gasteiger partial charge in [-0.05, 0) is 66.5 Å². The quantitative estimate of drug-likeness (QED) is 0.152. The van der Waals surface area contributed by atoms with Gasteiger partial charge in [0.1, 0.15) is 17.8 Å². The number of ether oxygens (including phenoxy) is 1. The average Bonchev–Trinajstić information content (AvgIpc) is 2.85. The van der Waals surface area contributed by atoms with E-state index in [0.717, 1.165) is 17.7 Å². The zero-order chi connectivity index (χ0) is 25.6. The molecular formula is C27H36N2O4S2. The average molecular weight is 517 g/mol. The number of rotatable bonds is 15. The number of nitrogens with one attached hydrogen (secondary N) is 2. The summed E-state index contributed by atoms with van der Waals surface area (Å²) in [4.78, 5) is 37.8. The Hall–Kier alpha value is -2.45. The van der Waals surface area contributed by atoms with Crippen LogP contribution >= 0.6 is 23.5 Å². The first-order valence-electron chi connectivity index (χ1n) is 11.9. The van der Waals surface area contributed by atoms with Crippen LogP contribution in [0.4, 0.5) is 0 Å². The number of esters is 1. The number of carbonyl (C=O) groups excluding carboxylic acids is 3. The Morgan fingerprint density at radius 2 is 1.77 bits per heavy atom. The van der Waals surface area contributed by atoms with Crippen molar-refractivity contribution in [1.29, 1.82) is 0 Å². The van der Waals surface area contributed by atoms with E-state index in [2.05, 4.69) is 41.8 Å². The van der Waals surface area contributed by atoms with E-state index < -0.39 is 18.1 Å². The van der Waals surface area contributed by atoms with Crippen LogP contribution in [0.15, 0.2) is 53.4 Å². The van der Waals surface area contributed by atoms with Crippen LogP contribution in [-0.2, 0) is 26.6 Å². The second kappa shape index (κ2) is 15.5. The third-order valence-corrected chi connectivity index (χ3v) is 7.23. The molecule has 2 N–H and O–H groups in total. The van der Waals surface area contributed by atoms with E-state index >= 15 is 0 Å². The highest BCUT2D eigenvalue weighted by Crippen LogP contribution is 2.27. The van der Waals surface area contributed by atoms with Gasteiger partial charge < -0.3 is 15.4 Å². The van der Waals surface area contributed by atoms with Crippen LogP contribution < -0.4 is 15.4 Å². The molecule has 0 bridgehead atoms. The minimum Gasteiger partial charge on any atom is -0.425 e. The zero-order valence-electron chi connectivity index (χ0n) is 20.9. The lowest BCUT2D eigenvalue weighted by Crippen LogP contribution is -2.51. The molecule has 1 unspecified atom stereocenters. The minimum atomic E-state index is -0.798. The van der Waals surface area contributed by atoms with Crippen LogP contribution in [0.3, 0.4) is 0 Å². The molecule has 0 heterocycles. The second-order valence-corrected chi connectivity index (χ2v) is 10.6. The summed E-state index contributed by atoms with van der Waals surface area (Å²) in [5.41, 5.74) is 2.46. The van der Waals surface area contributed by atoms with Crippen molar-refractivity contribution in [3.8, 4) is 5.75 Å². The highest BCUT2D eigenvalue weighted by Gasteiger charge is 2.27. The first-order chi connectivity index (χ1) is 16.9. The molecule has 2 atom stereocenters. The molecule has 0 radical (unpaired) electrons. The molecule has 2 aromatic carbocycles. The molecule has 190 valence electrons. The highest BCUT2D eigenvalue weighted by molar-refractivity contribution is 7.98. The summed E-state index contributed by atoms with van der Waals surface area (Å²) in [5, 5.41) is 5.32. The summed E-state index contributed by atoms with van der Waals surface area (Å²) in [6.45, 7) is 6.11. The lowest BCUT2D eigenvalue weighted by atomic mass is 10.0. The van der Waals surface area contributed by atoms with Crippen molar-refractivity contribution in [3.05, 3.63) is 59.7 Å². The van der Waals surface area contributed by atoms with Gasteiger partial charge >= 0.3 is 5.97 Å². The third kappa shape index (κ3) is 9.98. The maximum absolute atomic E-state index is 12.9. The summed E-state index contributed by atoms with van der Waals surface area (Å²) < 4.78 is 5.60. The van der Waals surface area contributed by atoms with Crippen molar-refractivity contribution >= 4 is 41.8 Å². The topological polar surface area (TPSA) is 84.5 Å². The van der Waals surface area contributed by atoms with Crippen molar-refractivity contribution in [2.45, 2.75) is 62.8 Å². The smallest absolute Gasteiger partial charge is 0.334 e. The minimum absolute atomic E-state index is 0.168. The maximum atomic E-state index is 12.9. The molecule has 0 saturated carbocycles. The molecule has 0 aliphatic rings. The summed E-state index contributed by atoms with van der Waals surface area (Å²) in [6, 6.07) is 14.4. The van der Waals surface area contributed by atoms with Crippen molar-refractivity contribution in [2.75, 3.05) is 12.0 Å². The lowest BCUT2D eigenvalue weighted by Gasteiger charge is -2.22. The van der Waals surface area contributed by atoms with Crippen molar-refractivity contribution in [1.82, 2.24) is 10.6 Å². The van der Waals surface area contributed by atoms with Crippen molar-refractivity contribution in [2.24, 2.45) is 5.92 Å². The Morgan fingerprint density at radius 3 is 2.40 bits per heavy atom. The first kappa shape index (κ1) is 28.8. The van der Waals surface area contributed by atoms with E-state index in [4.69, 9.17) is 4.74 Å². The number of thioether (sulfide) groups is 2. The van der Waals surface area contributed by atoms with Crippen LogP contribution in [-0.4, -0.2) is 42.4 Å². The molecular weight excluding hydrogens is 480 g/mol.